The fourth-order valence-corrected chi connectivity index (χ4v) is 4.33. The fourth-order valence-electron chi connectivity index (χ4n) is 4.33. The molecule has 0 unspecified atom stereocenters. The first-order valence-corrected chi connectivity index (χ1v) is 13.1. The molecule has 9 N–H and O–H groups in total. The number of halogens is 3. The van der Waals surface area contributed by atoms with E-state index in [-0.39, 0.29) is 46.2 Å². The number of quaternary nitrogens is 1. The summed E-state index contributed by atoms with van der Waals surface area (Å²) in [5.74, 6) is -2.93. The lowest BCUT2D eigenvalue weighted by molar-refractivity contribution is -0.403. The van der Waals surface area contributed by atoms with E-state index in [1.807, 2.05) is 0 Å². The molecular formula is C31H28F3N4O6+. The standard InChI is InChI=1S/C31H27F3N4O6/c32-31(33,34)19-8-12-26(37-24-4-2-1-3-21(24)29(41)42)27(15-19)38-25-11-7-18(13-22(25)30(43)44)16-36-28(40)23(35)14-17-5-9-20(39)10-6-17/h1-13,15,23,37-39H,14,16,35H2,(H,36,40)(H,41,42)(H,43,44)/p+1/t23-/m0/s1. The maximum absolute atomic E-state index is 13.6. The third-order valence-electron chi connectivity index (χ3n) is 6.61. The van der Waals surface area contributed by atoms with Crippen molar-refractivity contribution in [1.82, 2.24) is 5.32 Å². The minimum absolute atomic E-state index is 0.0381. The summed E-state index contributed by atoms with van der Waals surface area (Å²) in [6.07, 6.45) is -4.40. The number of anilines is 4. The van der Waals surface area contributed by atoms with Crippen molar-refractivity contribution in [2.24, 2.45) is 0 Å². The quantitative estimate of drug-likeness (QED) is 0.127. The average molecular weight is 610 g/mol. The molecule has 0 aliphatic carbocycles. The summed E-state index contributed by atoms with van der Waals surface area (Å²) >= 11 is 0. The Kier molecular flexibility index (Phi) is 9.39. The zero-order valence-corrected chi connectivity index (χ0v) is 23.0. The van der Waals surface area contributed by atoms with Crippen molar-refractivity contribution in [3.8, 4) is 5.75 Å². The number of para-hydroxylation sites is 1. The number of carboxylic acid groups (broad SMARTS) is 2. The maximum Gasteiger partial charge on any atom is 0.416 e. The molecule has 0 saturated heterocycles. The summed E-state index contributed by atoms with van der Waals surface area (Å²) in [5.41, 5.74) is 3.63. The Bertz CT molecular complexity index is 1690. The third kappa shape index (κ3) is 7.83. The van der Waals surface area contributed by atoms with E-state index in [4.69, 9.17) is 0 Å². The van der Waals surface area contributed by atoms with Gasteiger partial charge in [0.15, 0.2) is 6.04 Å². The number of alkyl halides is 3. The minimum Gasteiger partial charge on any atom is -0.508 e. The highest BCUT2D eigenvalue weighted by Crippen LogP contribution is 2.37. The molecule has 4 aromatic rings. The highest BCUT2D eigenvalue weighted by Gasteiger charge is 2.31. The Balaban J connectivity index is 1.57. The number of phenolic OH excluding ortho intramolecular Hbond substituents is 1. The summed E-state index contributed by atoms with van der Waals surface area (Å²) in [7, 11) is 0. The van der Waals surface area contributed by atoms with Gasteiger partial charge in [0.1, 0.15) is 5.75 Å². The lowest BCUT2D eigenvalue weighted by Crippen LogP contribution is -2.68. The molecule has 10 nitrogen and oxygen atoms in total. The molecule has 0 fully saturated rings. The molecule has 1 amide bonds. The first-order valence-electron chi connectivity index (χ1n) is 13.1. The first kappa shape index (κ1) is 31.4. The Hall–Kier alpha value is -5.56. The van der Waals surface area contributed by atoms with Gasteiger partial charge in [-0.2, -0.15) is 13.2 Å². The third-order valence-corrected chi connectivity index (χ3v) is 6.61. The first-order chi connectivity index (χ1) is 20.8. The number of aromatic carboxylic acids is 2. The number of hydrogen-bond donors (Lipinski definition) is 7. The molecular weight excluding hydrogens is 581 g/mol. The Morgan fingerprint density at radius 2 is 1.32 bits per heavy atom. The summed E-state index contributed by atoms with van der Waals surface area (Å²) in [4.78, 5) is 36.4. The van der Waals surface area contributed by atoms with Gasteiger partial charge in [-0.1, -0.05) is 30.3 Å². The SMILES string of the molecule is [NH3+][C@@H](Cc1ccc(O)cc1)C(=O)NCc1ccc(Nc2cc(C(F)(F)F)ccc2Nc2ccccc2C(=O)O)c(C(=O)O)c1. The van der Waals surface area contributed by atoms with Crippen molar-refractivity contribution in [1.29, 1.82) is 0 Å². The second-order valence-electron chi connectivity index (χ2n) is 9.83. The summed E-state index contributed by atoms with van der Waals surface area (Å²) in [5, 5.41) is 37.1. The number of aromatic hydroxyl groups is 1. The number of hydrogen-bond acceptors (Lipinski definition) is 6. The van der Waals surface area contributed by atoms with Crippen LogP contribution in [0.3, 0.4) is 0 Å². The van der Waals surface area contributed by atoms with Gasteiger partial charge in [-0.3, -0.25) is 4.79 Å². The maximum atomic E-state index is 13.6. The van der Waals surface area contributed by atoms with Crippen LogP contribution in [-0.2, 0) is 23.9 Å². The van der Waals surface area contributed by atoms with Crippen LogP contribution in [0.5, 0.6) is 5.75 Å². The van der Waals surface area contributed by atoms with Crippen molar-refractivity contribution < 1.29 is 48.6 Å². The van der Waals surface area contributed by atoms with Gasteiger partial charge in [0.05, 0.1) is 39.4 Å². The van der Waals surface area contributed by atoms with Crippen LogP contribution in [0.25, 0.3) is 0 Å². The van der Waals surface area contributed by atoms with E-state index in [1.165, 1.54) is 48.5 Å². The second kappa shape index (κ2) is 13.2. The van der Waals surface area contributed by atoms with Gasteiger partial charge in [0.2, 0.25) is 0 Å². The summed E-state index contributed by atoms with van der Waals surface area (Å²) in [6, 6.07) is 18.3. The van der Waals surface area contributed by atoms with E-state index < -0.39 is 35.6 Å². The monoisotopic (exact) mass is 609 g/mol. The van der Waals surface area contributed by atoms with Gasteiger partial charge in [-0.15, -0.1) is 0 Å². The smallest absolute Gasteiger partial charge is 0.416 e. The van der Waals surface area contributed by atoms with Gasteiger partial charge < -0.3 is 37.0 Å². The summed E-state index contributed by atoms with van der Waals surface area (Å²) < 4.78 is 40.7. The van der Waals surface area contributed by atoms with E-state index >= 15 is 0 Å². The van der Waals surface area contributed by atoms with Crippen LogP contribution in [0.2, 0.25) is 0 Å². The van der Waals surface area contributed by atoms with Crippen molar-refractivity contribution in [2.45, 2.75) is 25.2 Å². The Morgan fingerprint density at radius 3 is 1.98 bits per heavy atom. The van der Waals surface area contributed by atoms with Crippen LogP contribution in [0.4, 0.5) is 35.9 Å². The predicted molar refractivity (Wildman–Crippen MR) is 155 cm³/mol. The predicted octanol–water partition coefficient (Wildman–Crippen LogP) is 4.76. The molecule has 0 aliphatic rings. The largest absolute Gasteiger partial charge is 0.508 e. The van der Waals surface area contributed by atoms with E-state index in [0.29, 0.717) is 12.0 Å². The Morgan fingerprint density at radius 1 is 0.727 bits per heavy atom. The molecule has 13 heteroatoms. The number of carboxylic acids is 2. The molecule has 0 spiro atoms. The zero-order valence-electron chi connectivity index (χ0n) is 23.0. The molecule has 1 atom stereocenters. The lowest BCUT2D eigenvalue weighted by Gasteiger charge is -2.19. The van der Waals surface area contributed by atoms with E-state index in [9.17, 15) is 42.9 Å². The van der Waals surface area contributed by atoms with Crippen LogP contribution in [-0.4, -0.2) is 39.2 Å². The van der Waals surface area contributed by atoms with Crippen LogP contribution < -0.4 is 21.7 Å². The molecule has 0 aromatic heterocycles. The number of benzene rings is 4. The highest BCUT2D eigenvalue weighted by atomic mass is 19.4. The molecule has 0 radical (unpaired) electrons. The molecule has 0 saturated carbocycles. The minimum atomic E-state index is -4.71. The highest BCUT2D eigenvalue weighted by molar-refractivity contribution is 5.98. The molecule has 44 heavy (non-hydrogen) atoms. The molecule has 0 bridgehead atoms. The lowest BCUT2D eigenvalue weighted by atomic mass is 10.0. The topological polar surface area (TPSA) is 176 Å². The number of carbonyl (C=O) groups excluding carboxylic acids is 1. The molecule has 4 aromatic carbocycles. The van der Waals surface area contributed by atoms with E-state index in [0.717, 1.165) is 23.8 Å². The molecule has 0 aliphatic heterocycles. The van der Waals surface area contributed by atoms with Gasteiger partial charge in [-0.05, 0) is 65.7 Å². The number of phenols is 1. The normalized spacial score (nSPS) is 11.8. The molecule has 228 valence electrons. The zero-order chi connectivity index (χ0) is 32.0. The van der Waals surface area contributed by atoms with Crippen LogP contribution in [0, 0.1) is 0 Å². The second-order valence-corrected chi connectivity index (χ2v) is 9.83. The molecule has 4 rings (SSSR count). The van der Waals surface area contributed by atoms with Crippen LogP contribution in [0.15, 0.2) is 84.9 Å². The van der Waals surface area contributed by atoms with Gasteiger partial charge in [-0.25, -0.2) is 9.59 Å². The van der Waals surface area contributed by atoms with Crippen molar-refractivity contribution >= 4 is 40.6 Å². The van der Waals surface area contributed by atoms with Crippen molar-refractivity contribution in [3.63, 3.8) is 0 Å². The van der Waals surface area contributed by atoms with Crippen LogP contribution in [0.1, 0.15) is 37.4 Å². The number of carbonyl (C=O) groups is 3. The molecule has 0 heterocycles. The Labute approximate surface area is 249 Å². The number of nitrogens with one attached hydrogen (secondary N) is 3. The van der Waals surface area contributed by atoms with Crippen molar-refractivity contribution in [3.05, 3.63) is 113 Å². The van der Waals surface area contributed by atoms with E-state index in [1.54, 1.807) is 18.2 Å². The van der Waals surface area contributed by atoms with Gasteiger partial charge in [0, 0.05) is 13.0 Å². The van der Waals surface area contributed by atoms with Gasteiger partial charge in [0.25, 0.3) is 5.91 Å². The fraction of sp³-hybridized carbons (Fsp3) is 0.129. The van der Waals surface area contributed by atoms with Crippen LogP contribution >= 0.6 is 0 Å². The number of rotatable bonds is 11. The van der Waals surface area contributed by atoms with Crippen molar-refractivity contribution in [2.75, 3.05) is 10.6 Å². The van der Waals surface area contributed by atoms with E-state index in [2.05, 4.69) is 21.7 Å². The van der Waals surface area contributed by atoms with Gasteiger partial charge >= 0.3 is 18.1 Å². The average Bonchev–Trinajstić information content (AvgIpc) is 2.97. The number of amides is 1. The summed E-state index contributed by atoms with van der Waals surface area (Å²) in [6.45, 7) is -0.0384.